The van der Waals surface area contributed by atoms with E-state index in [1.807, 2.05) is 18.2 Å². The molecule has 230 valence electrons. The van der Waals surface area contributed by atoms with Crippen molar-refractivity contribution in [3.63, 3.8) is 0 Å². The average molecular weight is 628 g/mol. The number of nitrogens with zero attached hydrogens (tertiary/aromatic N) is 3. The lowest BCUT2D eigenvalue weighted by Gasteiger charge is -2.12. The lowest BCUT2D eigenvalue weighted by Crippen LogP contribution is -1.96. The zero-order valence-electron chi connectivity index (χ0n) is 26.8. The molecule has 0 unspecified atom stereocenters. The van der Waals surface area contributed by atoms with Crippen molar-refractivity contribution in [2.24, 2.45) is 0 Å². The maximum Gasteiger partial charge on any atom is 0.161 e. The standard InChI is InChI=1S/C45H29N3O/c1-28-12-5-6-15-32(28)44-34-17-7-9-19-38(34)46-45(47-44)35-18-11-21-42-43(35)37-27-30(23-25-41(37)49-42)29-22-24-40-36(26-29)33-16-8-10-20-39(33)48(40)31-13-3-2-4-14-31/h2-27H,1H3. The normalized spacial score (nSPS) is 11.8. The molecule has 4 nitrogen and oxygen atoms in total. The molecule has 4 heteroatoms. The van der Waals surface area contributed by atoms with E-state index in [-0.39, 0.29) is 0 Å². The Morgan fingerprint density at radius 2 is 1.18 bits per heavy atom. The molecule has 0 radical (unpaired) electrons. The van der Waals surface area contributed by atoms with Gasteiger partial charge in [-0.2, -0.15) is 0 Å². The topological polar surface area (TPSA) is 43.9 Å². The molecule has 10 aromatic rings. The summed E-state index contributed by atoms with van der Waals surface area (Å²) in [5, 5.41) is 5.56. The van der Waals surface area contributed by atoms with E-state index in [1.165, 1.54) is 27.4 Å². The van der Waals surface area contributed by atoms with Gasteiger partial charge < -0.3 is 8.98 Å². The van der Waals surface area contributed by atoms with Crippen molar-refractivity contribution in [1.29, 1.82) is 0 Å². The summed E-state index contributed by atoms with van der Waals surface area (Å²) in [6, 6.07) is 55.4. The van der Waals surface area contributed by atoms with Crippen LogP contribution in [0.25, 0.3) is 94.1 Å². The predicted octanol–water partition coefficient (Wildman–Crippen LogP) is 11.9. The number of fused-ring (bicyclic) bond motifs is 7. The molecule has 3 aromatic heterocycles. The molecule has 0 bridgehead atoms. The fraction of sp³-hybridized carbons (Fsp3) is 0.0222. The monoisotopic (exact) mass is 627 g/mol. The molecular formula is C45H29N3O. The highest BCUT2D eigenvalue weighted by Gasteiger charge is 2.19. The fourth-order valence-electron chi connectivity index (χ4n) is 7.44. The summed E-state index contributed by atoms with van der Waals surface area (Å²) in [5.41, 5.74) is 12.6. The zero-order chi connectivity index (χ0) is 32.5. The van der Waals surface area contributed by atoms with Crippen molar-refractivity contribution in [3.8, 4) is 39.5 Å². The van der Waals surface area contributed by atoms with Crippen LogP contribution in [0.2, 0.25) is 0 Å². The van der Waals surface area contributed by atoms with E-state index in [0.717, 1.165) is 66.5 Å². The molecule has 0 N–H and O–H groups in total. The van der Waals surface area contributed by atoms with Gasteiger partial charge in [0.05, 0.1) is 22.2 Å². The Balaban J connectivity index is 1.18. The Bertz CT molecular complexity index is 2900. The highest BCUT2D eigenvalue weighted by molar-refractivity contribution is 6.14. The Labute approximate surface area is 282 Å². The summed E-state index contributed by atoms with van der Waals surface area (Å²) >= 11 is 0. The fourth-order valence-corrected chi connectivity index (χ4v) is 7.44. The van der Waals surface area contributed by atoms with Gasteiger partial charge in [-0.05, 0) is 78.2 Å². The van der Waals surface area contributed by atoms with Crippen molar-refractivity contribution in [3.05, 3.63) is 163 Å². The van der Waals surface area contributed by atoms with Crippen LogP contribution in [-0.4, -0.2) is 14.5 Å². The van der Waals surface area contributed by atoms with Crippen LogP contribution in [-0.2, 0) is 0 Å². The smallest absolute Gasteiger partial charge is 0.161 e. The van der Waals surface area contributed by atoms with Gasteiger partial charge in [0, 0.05) is 43.7 Å². The summed E-state index contributed by atoms with van der Waals surface area (Å²) in [4.78, 5) is 10.4. The summed E-state index contributed by atoms with van der Waals surface area (Å²) in [5.74, 6) is 0.686. The number of benzene rings is 7. The summed E-state index contributed by atoms with van der Waals surface area (Å²) in [7, 11) is 0. The third-order valence-corrected chi connectivity index (χ3v) is 9.76. The van der Waals surface area contributed by atoms with Crippen LogP contribution >= 0.6 is 0 Å². The van der Waals surface area contributed by atoms with Crippen LogP contribution in [0.3, 0.4) is 0 Å². The number of hydrogen-bond acceptors (Lipinski definition) is 3. The average Bonchev–Trinajstić information content (AvgIpc) is 3.70. The summed E-state index contributed by atoms with van der Waals surface area (Å²) in [6.45, 7) is 2.13. The SMILES string of the molecule is Cc1ccccc1-c1nc(-c2cccc3oc4ccc(-c5ccc6c(c5)c5ccccc5n6-c5ccccc5)cc4c23)nc2ccccc12. The van der Waals surface area contributed by atoms with Gasteiger partial charge in [0.2, 0.25) is 0 Å². The second-order valence-corrected chi connectivity index (χ2v) is 12.6. The second-order valence-electron chi connectivity index (χ2n) is 12.6. The number of aromatic nitrogens is 3. The minimum atomic E-state index is 0.686. The third kappa shape index (κ3) is 4.31. The van der Waals surface area contributed by atoms with Gasteiger partial charge in [-0.15, -0.1) is 0 Å². The van der Waals surface area contributed by atoms with Gasteiger partial charge in [-0.1, -0.05) is 103 Å². The molecule has 0 fully saturated rings. The molecule has 0 amide bonds. The third-order valence-electron chi connectivity index (χ3n) is 9.76. The van der Waals surface area contributed by atoms with Gasteiger partial charge in [0.15, 0.2) is 5.82 Å². The largest absolute Gasteiger partial charge is 0.456 e. The Morgan fingerprint density at radius 1 is 0.490 bits per heavy atom. The van der Waals surface area contributed by atoms with Crippen LogP contribution < -0.4 is 0 Å². The first-order chi connectivity index (χ1) is 24.2. The first-order valence-corrected chi connectivity index (χ1v) is 16.6. The number of rotatable bonds is 4. The minimum Gasteiger partial charge on any atom is -0.456 e. The molecule has 0 aliphatic rings. The van der Waals surface area contributed by atoms with Crippen molar-refractivity contribution in [2.45, 2.75) is 6.92 Å². The first kappa shape index (κ1) is 27.6. The van der Waals surface area contributed by atoms with E-state index >= 15 is 0 Å². The molecule has 3 heterocycles. The lowest BCUT2D eigenvalue weighted by atomic mass is 9.98. The highest BCUT2D eigenvalue weighted by Crippen LogP contribution is 2.40. The molecular weight excluding hydrogens is 599 g/mol. The van der Waals surface area contributed by atoms with E-state index in [4.69, 9.17) is 14.4 Å². The van der Waals surface area contributed by atoms with Gasteiger partial charge in [0.1, 0.15) is 11.2 Å². The van der Waals surface area contributed by atoms with Gasteiger partial charge in [-0.3, -0.25) is 0 Å². The Hall–Kier alpha value is -6.52. The molecule has 7 aromatic carbocycles. The highest BCUT2D eigenvalue weighted by atomic mass is 16.3. The molecule has 0 spiro atoms. The Morgan fingerprint density at radius 3 is 2.06 bits per heavy atom. The molecule has 0 saturated heterocycles. The van der Waals surface area contributed by atoms with Crippen LogP contribution in [0.1, 0.15) is 5.56 Å². The van der Waals surface area contributed by atoms with Crippen LogP contribution in [0.15, 0.2) is 162 Å². The zero-order valence-corrected chi connectivity index (χ0v) is 26.8. The maximum absolute atomic E-state index is 6.45. The number of para-hydroxylation sites is 3. The van der Waals surface area contributed by atoms with Gasteiger partial charge >= 0.3 is 0 Å². The maximum atomic E-state index is 6.45. The second kappa shape index (κ2) is 10.8. The van der Waals surface area contributed by atoms with E-state index < -0.39 is 0 Å². The molecule has 0 aliphatic carbocycles. The molecule has 0 atom stereocenters. The first-order valence-electron chi connectivity index (χ1n) is 16.6. The molecule has 0 saturated carbocycles. The summed E-state index contributed by atoms with van der Waals surface area (Å²) < 4.78 is 8.80. The van der Waals surface area contributed by atoms with Crippen molar-refractivity contribution in [1.82, 2.24) is 14.5 Å². The Kier molecular flexibility index (Phi) is 6.06. The number of furan rings is 1. The molecule has 49 heavy (non-hydrogen) atoms. The van der Waals surface area contributed by atoms with Crippen molar-refractivity contribution >= 4 is 54.6 Å². The number of aryl methyl sites for hydroxylation is 1. The van der Waals surface area contributed by atoms with Crippen molar-refractivity contribution in [2.75, 3.05) is 0 Å². The molecule has 10 rings (SSSR count). The van der Waals surface area contributed by atoms with E-state index in [2.05, 4.69) is 151 Å². The van der Waals surface area contributed by atoms with E-state index in [1.54, 1.807) is 0 Å². The van der Waals surface area contributed by atoms with Gasteiger partial charge in [0.25, 0.3) is 0 Å². The van der Waals surface area contributed by atoms with Crippen molar-refractivity contribution < 1.29 is 4.42 Å². The lowest BCUT2D eigenvalue weighted by molar-refractivity contribution is 0.669. The van der Waals surface area contributed by atoms with Crippen LogP contribution in [0.5, 0.6) is 0 Å². The quantitative estimate of drug-likeness (QED) is 0.195. The van der Waals surface area contributed by atoms with E-state index in [0.29, 0.717) is 5.82 Å². The predicted molar refractivity (Wildman–Crippen MR) is 202 cm³/mol. The van der Waals surface area contributed by atoms with E-state index in [9.17, 15) is 0 Å². The van der Waals surface area contributed by atoms with Crippen LogP contribution in [0, 0.1) is 6.92 Å². The summed E-state index contributed by atoms with van der Waals surface area (Å²) in [6.07, 6.45) is 0. The minimum absolute atomic E-state index is 0.686. The van der Waals surface area contributed by atoms with Gasteiger partial charge in [-0.25, -0.2) is 9.97 Å². The van der Waals surface area contributed by atoms with Crippen LogP contribution in [0.4, 0.5) is 0 Å². The number of hydrogen-bond donors (Lipinski definition) is 0. The molecule has 0 aliphatic heterocycles.